The summed E-state index contributed by atoms with van der Waals surface area (Å²) >= 11 is 0. The summed E-state index contributed by atoms with van der Waals surface area (Å²) in [6.07, 6.45) is 2.15. The number of aliphatic carboxylic acids is 1. The van der Waals surface area contributed by atoms with Gasteiger partial charge in [0, 0.05) is 18.5 Å². The molecule has 128 valence electrons. The van der Waals surface area contributed by atoms with Crippen LogP contribution < -0.4 is 0 Å². The van der Waals surface area contributed by atoms with Crippen molar-refractivity contribution in [3.63, 3.8) is 0 Å². The zero-order chi connectivity index (χ0) is 16.9. The molecule has 1 saturated heterocycles. The largest absolute Gasteiger partial charge is 0.481 e. The van der Waals surface area contributed by atoms with Crippen LogP contribution in [-0.4, -0.2) is 52.0 Å². The van der Waals surface area contributed by atoms with Crippen LogP contribution in [0, 0.1) is 5.41 Å². The average molecular weight is 321 g/mol. The molecular formula is C18H27NO4. The minimum absolute atomic E-state index is 0.0404. The summed E-state index contributed by atoms with van der Waals surface area (Å²) < 4.78 is 0. The summed E-state index contributed by atoms with van der Waals surface area (Å²) in [5.74, 6) is -0.826. The Morgan fingerprint density at radius 2 is 1.96 bits per heavy atom. The lowest BCUT2D eigenvalue weighted by molar-refractivity contribution is -0.136. The van der Waals surface area contributed by atoms with Crippen molar-refractivity contribution in [1.82, 2.24) is 4.90 Å². The first-order chi connectivity index (χ1) is 11.0. The van der Waals surface area contributed by atoms with Crippen molar-refractivity contribution in [2.75, 3.05) is 19.7 Å². The maximum atomic E-state index is 10.7. The van der Waals surface area contributed by atoms with Crippen molar-refractivity contribution in [3.8, 4) is 0 Å². The van der Waals surface area contributed by atoms with Crippen molar-refractivity contribution in [2.45, 2.75) is 45.3 Å². The van der Waals surface area contributed by atoms with Crippen LogP contribution in [0.3, 0.4) is 0 Å². The van der Waals surface area contributed by atoms with Gasteiger partial charge >= 0.3 is 5.97 Å². The molecule has 5 nitrogen and oxygen atoms in total. The molecule has 1 fully saturated rings. The van der Waals surface area contributed by atoms with Crippen molar-refractivity contribution < 1.29 is 20.1 Å². The molecule has 2 rings (SSSR count). The fraction of sp³-hybridized carbons (Fsp3) is 0.611. The highest BCUT2D eigenvalue weighted by molar-refractivity contribution is 5.70. The summed E-state index contributed by atoms with van der Waals surface area (Å²) in [7, 11) is 0. The van der Waals surface area contributed by atoms with Crippen LogP contribution in [0.25, 0.3) is 0 Å². The van der Waals surface area contributed by atoms with Gasteiger partial charge in [0.1, 0.15) is 0 Å². The van der Waals surface area contributed by atoms with E-state index in [-0.39, 0.29) is 18.4 Å². The Bertz CT molecular complexity index is 516. The third kappa shape index (κ3) is 4.53. The first-order valence-corrected chi connectivity index (χ1v) is 8.30. The number of likely N-dealkylation sites (tertiary alicyclic amines) is 1. The predicted molar refractivity (Wildman–Crippen MR) is 88.1 cm³/mol. The number of hydrogen-bond donors (Lipinski definition) is 3. The van der Waals surface area contributed by atoms with Crippen LogP contribution in [-0.2, 0) is 17.8 Å². The molecule has 1 aromatic carbocycles. The summed E-state index contributed by atoms with van der Waals surface area (Å²) in [5.41, 5.74) is 1.55. The second kappa shape index (κ2) is 7.90. The van der Waals surface area contributed by atoms with Gasteiger partial charge in [0.15, 0.2) is 0 Å². The molecule has 0 aliphatic carbocycles. The third-order valence-corrected chi connectivity index (χ3v) is 4.91. The Morgan fingerprint density at radius 3 is 2.48 bits per heavy atom. The van der Waals surface area contributed by atoms with E-state index < -0.39 is 12.1 Å². The third-order valence-electron chi connectivity index (χ3n) is 4.91. The Balaban J connectivity index is 1.93. The molecule has 3 N–H and O–H groups in total. The smallest absolute Gasteiger partial charge is 0.307 e. The van der Waals surface area contributed by atoms with Gasteiger partial charge in [-0.3, -0.25) is 9.69 Å². The predicted octanol–water partition coefficient (Wildman–Crippen LogP) is 1.66. The molecule has 0 amide bonds. The van der Waals surface area contributed by atoms with Crippen LogP contribution in [0.1, 0.15) is 37.3 Å². The highest BCUT2D eigenvalue weighted by Gasteiger charge is 2.40. The molecular weight excluding hydrogens is 294 g/mol. The summed E-state index contributed by atoms with van der Waals surface area (Å²) in [5, 5.41) is 29.0. The molecule has 0 aromatic heterocycles. The highest BCUT2D eigenvalue weighted by atomic mass is 16.4. The van der Waals surface area contributed by atoms with Gasteiger partial charge in [0.2, 0.25) is 0 Å². The lowest BCUT2D eigenvalue weighted by Crippen LogP contribution is -2.52. The van der Waals surface area contributed by atoms with Crippen LogP contribution in [0.4, 0.5) is 0 Å². The van der Waals surface area contributed by atoms with Gasteiger partial charge in [-0.1, -0.05) is 37.6 Å². The zero-order valence-corrected chi connectivity index (χ0v) is 13.7. The van der Waals surface area contributed by atoms with E-state index in [2.05, 4.69) is 11.8 Å². The van der Waals surface area contributed by atoms with Crippen LogP contribution >= 0.6 is 0 Å². The topological polar surface area (TPSA) is 81.0 Å². The van der Waals surface area contributed by atoms with Gasteiger partial charge in [-0.2, -0.15) is 0 Å². The van der Waals surface area contributed by atoms with Crippen molar-refractivity contribution >= 4 is 5.97 Å². The Labute approximate surface area is 137 Å². The van der Waals surface area contributed by atoms with Gasteiger partial charge < -0.3 is 15.3 Å². The number of nitrogens with zero attached hydrogens (tertiary/aromatic N) is 1. The second-order valence-corrected chi connectivity index (χ2v) is 6.66. The lowest BCUT2D eigenvalue weighted by atomic mass is 9.73. The summed E-state index contributed by atoms with van der Waals surface area (Å²) in [6.45, 7) is 4.28. The molecule has 1 aliphatic rings. The zero-order valence-electron chi connectivity index (χ0n) is 13.7. The number of piperidine rings is 1. The Kier molecular flexibility index (Phi) is 6.16. The number of aliphatic hydroxyl groups excluding tert-OH is 2. The number of β-amino-alcohol motifs (C(OH)–C–C–N with tert-alkyl or cyclic N) is 1. The summed E-state index contributed by atoms with van der Waals surface area (Å²) in [6, 6.07) is 7.59. The molecule has 1 aliphatic heterocycles. The fourth-order valence-corrected chi connectivity index (χ4v) is 3.47. The van der Waals surface area contributed by atoms with E-state index in [4.69, 9.17) is 5.11 Å². The maximum absolute atomic E-state index is 10.7. The Morgan fingerprint density at radius 1 is 1.30 bits per heavy atom. The number of aliphatic hydroxyl groups is 2. The van der Waals surface area contributed by atoms with Crippen LogP contribution in [0.2, 0.25) is 0 Å². The fourth-order valence-electron chi connectivity index (χ4n) is 3.47. The number of carbonyl (C=O) groups is 1. The Hall–Kier alpha value is -1.43. The first-order valence-electron chi connectivity index (χ1n) is 8.30. The molecule has 2 atom stereocenters. The van der Waals surface area contributed by atoms with Gasteiger partial charge in [-0.15, -0.1) is 0 Å². The van der Waals surface area contributed by atoms with E-state index in [1.54, 1.807) is 0 Å². The van der Waals surface area contributed by atoms with Crippen molar-refractivity contribution in [2.24, 2.45) is 5.41 Å². The van der Waals surface area contributed by atoms with Crippen molar-refractivity contribution in [1.29, 1.82) is 0 Å². The van der Waals surface area contributed by atoms with Gasteiger partial charge in [0.25, 0.3) is 0 Å². The number of hydrogen-bond acceptors (Lipinski definition) is 4. The minimum Gasteiger partial charge on any atom is -0.481 e. The average Bonchev–Trinajstić information content (AvgIpc) is 2.52. The second-order valence-electron chi connectivity index (χ2n) is 6.66. The van der Waals surface area contributed by atoms with Crippen LogP contribution in [0.15, 0.2) is 24.3 Å². The van der Waals surface area contributed by atoms with E-state index in [0.717, 1.165) is 43.5 Å². The molecule has 1 heterocycles. The van der Waals surface area contributed by atoms with Gasteiger partial charge in [-0.05, 0) is 30.5 Å². The van der Waals surface area contributed by atoms with Crippen molar-refractivity contribution in [3.05, 3.63) is 35.4 Å². The minimum atomic E-state index is -0.826. The van der Waals surface area contributed by atoms with E-state index in [1.807, 2.05) is 24.3 Å². The van der Waals surface area contributed by atoms with Gasteiger partial charge in [-0.25, -0.2) is 0 Å². The molecule has 23 heavy (non-hydrogen) atoms. The molecule has 5 heteroatoms. The van der Waals surface area contributed by atoms with Crippen LogP contribution in [0.5, 0.6) is 0 Å². The number of carboxylic acid groups (broad SMARTS) is 1. The molecule has 0 saturated carbocycles. The molecule has 1 aromatic rings. The SMILES string of the molecule is CCC[C@]1(CO)CCN(Cc2ccc(CC(=O)O)cc2)C[C@H]1O. The first kappa shape index (κ1) is 17.9. The number of rotatable bonds is 7. The normalized spacial score (nSPS) is 25.4. The van der Waals surface area contributed by atoms with E-state index in [9.17, 15) is 15.0 Å². The number of benzene rings is 1. The number of carboxylic acids is 1. The highest BCUT2D eigenvalue weighted by Crippen LogP contribution is 2.36. The standard InChI is InChI=1S/C18H27NO4/c1-2-7-18(13-20)8-9-19(12-16(18)21)11-15-5-3-14(4-6-15)10-17(22)23/h3-6,16,20-21H,2,7-13H2,1H3,(H,22,23)/t16-,18-/m1/s1. The maximum Gasteiger partial charge on any atom is 0.307 e. The lowest BCUT2D eigenvalue weighted by Gasteiger charge is -2.44. The van der Waals surface area contributed by atoms with E-state index in [0.29, 0.717) is 6.54 Å². The summed E-state index contributed by atoms with van der Waals surface area (Å²) in [4.78, 5) is 12.9. The molecule has 0 radical (unpaired) electrons. The van der Waals surface area contributed by atoms with E-state index in [1.165, 1.54) is 0 Å². The molecule has 0 spiro atoms. The quantitative estimate of drug-likeness (QED) is 0.711. The molecule has 0 bridgehead atoms. The van der Waals surface area contributed by atoms with E-state index >= 15 is 0 Å². The van der Waals surface area contributed by atoms with Gasteiger partial charge in [0.05, 0.1) is 19.1 Å². The molecule has 0 unspecified atom stereocenters. The monoisotopic (exact) mass is 321 g/mol.